The van der Waals surface area contributed by atoms with Gasteiger partial charge in [0.05, 0.1) is 0 Å². The van der Waals surface area contributed by atoms with Gasteiger partial charge < -0.3 is 14.2 Å². The minimum atomic E-state index is -0.761. The summed E-state index contributed by atoms with van der Waals surface area (Å²) in [5, 5.41) is 0. The summed E-state index contributed by atoms with van der Waals surface area (Å²) in [6.45, 7) is 9.05. The summed E-state index contributed by atoms with van der Waals surface area (Å²) in [6.07, 6.45) is 56.6. The highest BCUT2D eigenvalue weighted by Crippen LogP contribution is 2.18. The predicted octanol–water partition coefficient (Wildman–Crippen LogP) is 19.0. The zero-order valence-corrected chi connectivity index (χ0v) is 43.8. The quantitative estimate of drug-likeness (QED) is 0.0344. The van der Waals surface area contributed by atoms with Gasteiger partial charge in [0.25, 0.3) is 0 Å². The van der Waals surface area contributed by atoms with Gasteiger partial charge in [0.2, 0.25) is 0 Å². The van der Waals surface area contributed by atoms with Crippen LogP contribution in [0.3, 0.4) is 0 Å². The zero-order chi connectivity index (χ0) is 46.7. The molecule has 0 heterocycles. The molecule has 0 N–H and O–H groups in total. The summed E-state index contributed by atoms with van der Waals surface area (Å²) >= 11 is 0. The normalized spacial score (nSPS) is 12.0. The van der Waals surface area contributed by atoms with Crippen molar-refractivity contribution in [2.75, 3.05) is 13.2 Å². The Labute approximate surface area is 399 Å². The molecule has 0 aliphatic carbocycles. The Morgan fingerprint density at radius 2 is 0.516 bits per heavy atom. The van der Waals surface area contributed by atoms with Crippen LogP contribution < -0.4 is 0 Å². The first-order valence-electron chi connectivity index (χ1n) is 28.9. The molecule has 380 valence electrons. The summed E-state index contributed by atoms with van der Waals surface area (Å²) in [5.41, 5.74) is 0. The first-order chi connectivity index (χ1) is 31.4. The Hall–Kier alpha value is -1.59. The Morgan fingerprint density at radius 3 is 0.766 bits per heavy atom. The molecule has 6 nitrogen and oxygen atoms in total. The summed E-state index contributed by atoms with van der Waals surface area (Å²) in [4.78, 5) is 38.1. The first kappa shape index (κ1) is 62.4. The summed E-state index contributed by atoms with van der Waals surface area (Å²) in [6, 6.07) is 0. The van der Waals surface area contributed by atoms with Crippen LogP contribution in [0.2, 0.25) is 0 Å². The molecule has 0 unspecified atom stereocenters. The van der Waals surface area contributed by atoms with Crippen molar-refractivity contribution in [3.63, 3.8) is 0 Å². The lowest BCUT2D eigenvalue weighted by atomic mass is 10.0. The van der Waals surface area contributed by atoms with E-state index >= 15 is 0 Å². The lowest BCUT2D eigenvalue weighted by Gasteiger charge is -2.18. The maximum Gasteiger partial charge on any atom is 0.306 e. The number of hydrogen-bond donors (Lipinski definition) is 0. The number of ether oxygens (including phenoxy) is 3. The van der Waals surface area contributed by atoms with Crippen LogP contribution in [-0.2, 0) is 28.6 Å². The van der Waals surface area contributed by atoms with E-state index < -0.39 is 6.10 Å². The fourth-order valence-electron chi connectivity index (χ4n) is 8.92. The molecule has 0 aliphatic rings. The monoisotopic (exact) mass is 905 g/mol. The maximum atomic E-state index is 12.8. The van der Waals surface area contributed by atoms with E-state index in [2.05, 4.69) is 27.7 Å². The van der Waals surface area contributed by atoms with Gasteiger partial charge in [-0.15, -0.1) is 0 Å². The van der Waals surface area contributed by atoms with Gasteiger partial charge >= 0.3 is 17.9 Å². The van der Waals surface area contributed by atoms with Crippen molar-refractivity contribution in [3.05, 3.63) is 0 Å². The second kappa shape index (κ2) is 52.4. The van der Waals surface area contributed by atoms with Gasteiger partial charge in [0.15, 0.2) is 6.10 Å². The Balaban J connectivity index is 4.26. The second-order valence-electron chi connectivity index (χ2n) is 20.4. The Bertz CT molecular complexity index is 964. The Morgan fingerprint density at radius 1 is 0.297 bits per heavy atom. The van der Waals surface area contributed by atoms with Crippen LogP contribution in [0.5, 0.6) is 0 Å². The molecule has 64 heavy (non-hydrogen) atoms. The van der Waals surface area contributed by atoms with Crippen LogP contribution in [0, 0.1) is 5.92 Å². The van der Waals surface area contributed by atoms with Crippen molar-refractivity contribution in [2.45, 2.75) is 336 Å². The molecule has 6 heteroatoms. The maximum absolute atomic E-state index is 12.8. The fourth-order valence-corrected chi connectivity index (χ4v) is 8.92. The van der Waals surface area contributed by atoms with E-state index in [-0.39, 0.29) is 31.1 Å². The topological polar surface area (TPSA) is 78.9 Å². The Kier molecular flexibility index (Phi) is 51.1. The molecule has 0 aromatic rings. The highest BCUT2D eigenvalue weighted by atomic mass is 16.6. The third kappa shape index (κ3) is 51.4. The lowest BCUT2D eigenvalue weighted by molar-refractivity contribution is -0.167. The first-order valence-corrected chi connectivity index (χ1v) is 28.9. The van der Waals surface area contributed by atoms with E-state index in [1.807, 2.05) is 0 Å². The van der Waals surface area contributed by atoms with Crippen molar-refractivity contribution in [3.8, 4) is 0 Å². The van der Waals surface area contributed by atoms with Gasteiger partial charge in [0, 0.05) is 19.3 Å². The minimum Gasteiger partial charge on any atom is -0.462 e. The van der Waals surface area contributed by atoms with Crippen LogP contribution in [-0.4, -0.2) is 37.2 Å². The average Bonchev–Trinajstić information content (AvgIpc) is 3.28. The molecule has 0 aliphatic heterocycles. The van der Waals surface area contributed by atoms with Crippen LogP contribution >= 0.6 is 0 Å². The SMILES string of the molecule is CCCCCCCCCCCCCCCCCCCCCC(=O)OC[C@H](COC(=O)CCCCCCCCCCCCCC(C)C)OC(=O)CCCCCCCCCCCCCCC. The van der Waals surface area contributed by atoms with E-state index in [1.54, 1.807) is 0 Å². The molecule has 0 fully saturated rings. The smallest absolute Gasteiger partial charge is 0.306 e. The van der Waals surface area contributed by atoms with Crippen LogP contribution in [0.25, 0.3) is 0 Å². The molecule has 0 spiro atoms. The number of hydrogen-bond acceptors (Lipinski definition) is 6. The van der Waals surface area contributed by atoms with Gasteiger partial charge in [-0.25, -0.2) is 0 Å². The summed E-state index contributed by atoms with van der Waals surface area (Å²) in [7, 11) is 0. The third-order valence-corrected chi connectivity index (χ3v) is 13.3. The number of carbonyl (C=O) groups excluding carboxylic acids is 3. The molecule has 0 saturated carbocycles. The number of esters is 3. The minimum absolute atomic E-state index is 0.0620. The summed E-state index contributed by atoms with van der Waals surface area (Å²) in [5.74, 6) is -0.00982. The highest BCUT2D eigenvalue weighted by Gasteiger charge is 2.19. The number of rotatable bonds is 53. The second-order valence-corrected chi connectivity index (χ2v) is 20.4. The van der Waals surface area contributed by atoms with Crippen molar-refractivity contribution in [1.82, 2.24) is 0 Å². The van der Waals surface area contributed by atoms with Crippen LogP contribution in [0.15, 0.2) is 0 Å². The molecule has 0 radical (unpaired) electrons. The molecular formula is C58H112O6. The van der Waals surface area contributed by atoms with Crippen molar-refractivity contribution in [2.24, 2.45) is 5.92 Å². The molecule has 0 amide bonds. The third-order valence-electron chi connectivity index (χ3n) is 13.3. The van der Waals surface area contributed by atoms with Crippen LogP contribution in [0.4, 0.5) is 0 Å². The standard InChI is InChI=1S/C58H112O6/c1-5-7-9-11-13-15-17-19-20-21-22-23-24-26-29-33-37-41-45-49-56(59)62-52-55(64-58(61)51-47-43-39-35-30-25-18-16-14-12-10-8-6-2)53-63-57(60)50-46-42-38-34-31-27-28-32-36-40-44-48-54(3)4/h54-55H,5-53H2,1-4H3/t55-/m1/s1. The van der Waals surface area contributed by atoms with Gasteiger partial charge in [-0.1, -0.05) is 291 Å². The van der Waals surface area contributed by atoms with Gasteiger partial charge in [-0.05, 0) is 25.2 Å². The fraction of sp³-hybridized carbons (Fsp3) is 0.948. The molecular weight excluding hydrogens is 793 g/mol. The van der Waals surface area contributed by atoms with Gasteiger partial charge in [-0.2, -0.15) is 0 Å². The molecule has 0 bridgehead atoms. The lowest BCUT2D eigenvalue weighted by Crippen LogP contribution is -2.30. The molecule has 0 aromatic heterocycles. The molecule has 1 atom stereocenters. The van der Waals surface area contributed by atoms with Crippen molar-refractivity contribution in [1.29, 1.82) is 0 Å². The van der Waals surface area contributed by atoms with Gasteiger partial charge in [0.1, 0.15) is 13.2 Å². The van der Waals surface area contributed by atoms with E-state index in [0.29, 0.717) is 19.3 Å². The largest absolute Gasteiger partial charge is 0.462 e. The molecule has 0 aromatic carbocycles. The predicted molar refractivity (Wildman–Crippen MR) is 275 cm³/mol. The van der Waals surface area contributed by atoms with Crippen molar-refractivity contribution < 1.29 is 28.6 Å². The molecule has 0 saturated heterocycles. The van der Waals surface area contributed by atoms with Crippen molar-refractivity contribution >= 4 is 17.9 Å². The van der Waals surface area contributed by atoms with E-state index in [0.717, 1.165) is 63.7 Å². The average molecular weight is 906 g/mol. The summed E-state index contributed by atoms with van der Waals surface area (Å²) < 4.78 is 16.9. The van der Waals surface area contributed by atoms with Crippen LogP contribution in [0.1, 0.15) is 329 Å². The highest BCUT2D eigenvalue weighted by molar-refractivity contribution is 5.71. The number of carbonyl (C=O) groups is 3. The van der Waals surface area contributed by atoms with E-state index in [1.165, 1.54) is 225 Å². The zero-order valence-electron chi connectivity index (χ0n) is 43.8. The van der Waals surface area contributed by atoms with E-state index in [9.17, 15) is 14.4 Å². The van der Waals surface area contributed by atoms with E-state index in [4.69, 9.17) is 14.2 Å². The van der Waals surface area contributed by atoms with Gasteiger partial charge in [-0.3, -0.25) is 14.4 Å². The molecule has 0 rings (SSSR count). The number of unbranched alkanes of at least 4 members (excludes halogenated alkanes) is 40.